The Labute approximate surface area is 181 Å². The van der Waals surface area contributed by atoms with Crippen molar-refractivity contribution < 1.29 is 4.79 Å². The second kappa shape index (κ2) is 9.59. The molecule has 3 aromatic carbocycles. The van der Waals surface area contributed by atoms with E-state index in [2.05, 4.69) is 40.2 Å². The fourth-order valence-electron chi connectivity index (χ4n) is 3.62. The molecule has 0 atom stereocenters. The maximum atomic E-state index is 12.3. The van der Waals surface area contributed by atoms with Crippen LogP contribution in [0.4, 0.5) is 0 Å². The lowest BCUT2D eigenvalue weighted by atomic mass is 10.1. The van der Waals surface area contributed by atoms with Crippen LogP contribution in [0.15, 0.2) is 78.9 Å². The van der Waals surface area contributed by atoms with Crippen molar-refractivity contribution in [3.05, 3.63) is 101 Å². The van der Waals surface area contributed by atoms with Crippen molar-refractivity contribution in [2.75, 3.05) is 6.54 Å². The van der Waals surface area contributed by atoms with Crippen molar-refractivity contribution in [2.45, 2.75) is 25.8 Å². The summed E-state index contributed by atoms with van der Waals surface area (Å²) in [4.78, 5) is 17.2. The van der Waals surface area contributed by atoms with E-state index in [9.17, 15) is 4.79 Å². The summed E-state index contributed by atoms with van der Waals surface area (Å²) >= 11 is 5.91. The maximum absolute atomic E-state index is 12.3. The van der Waals surface area contributed by atoms with Crippen molar-refractivity contribution in [3.8, 4) is 0 Å². The highest BCUT2D eigenvalue weighted by Gasteiger charge is 2.11. The van der Waals surface area contributed by atoms with Gasteiger partial charge in [0.15, 0.2) is 0 Å². The number of hydrogen-bond acceptors (Lipinski definition) is 2. The zero-order valence-electron chi connectivity index (χ0n) is 16.7. The van der Waals surface area contributed by atoms with Crippen LogP contribution in [0.3, 0.4) is 0 Å². The van der Waals surface area contributed by atoms with Gasteiger partial charge in [-0.05, 0) is 41.8 Å². The maximum Gasteiger partial charge on any atom is 0.224 e. The third-order valence-corrected chi connectivity index (χ3v) is 5.40. The van der Waals surface area contributed by atoms with E-state index in [1.165, 1.54) is 5.56 Å². The average molecular weight is 418 g/mol. The normalized spacial score (nSPS) is 11.0. The van der Waals surface area contributed by atoms with Crippen molar-refractivity contribution in [1.29, 1.82) is 0 Å². The van der Waals surface area contributed by atoms with Crippen LogP contribution in [-0.2, 0) is 30.6 Å². The Hall–Kier alpha value is -3.11. The number of imidazole rings is 1. The predicted molar refractivity (Wildman–Crippen MR) is 122 cm³/mol. The van der Waals surface area contributed by atoms with Gasteiger partial charge in [0, 0.05) is 24.5 Å². The summed E-state index contributed by atoms with van der Waals surface area (Å²) in [6.07, 6.45) is 2.15. The highest BCUT2D eigenvalue weighted by molar-refractivity contribution is 6.30. The summed E-state index contributed by atoms with van der Waals surface area (Å²) in [7, 11) is 0. The van der Waals surface area contributed by atoms with E-state index < -0.39 is 0 Å². The Kier molecular flexibility index (Phi) is 6.45. The minimum atomic E-state index is 0.00702. The molecule has 4 nitrogen and oxygen atoms in total. The number of carbonyl (C=O) groups is 1. The van der Waals surface area contributed by atoms with Crippen LogP contribution in [0.1, 0.15) is 17.0 Å². The number of halogens is 1. The highest BCUT2D eigenvalue weighted by Crippen LogP contribution is 2.17. The molecule has 5 heteroatoms. The monoisotopic (exact) mass is 417 g/mol. The fraction of sp³-hybridized carbons (Fsp3) is 0.200. The lowest BCUT2D eigenvalue weighted by Gasteiger charge is -2.11. The van der Waals surface area contributed by atoms with E-state index in [1.807, 2.05) is 36.4 Å². The molecule has 0 unspecified atom stereocenters. The molecule has 0 saturated carbocycles. The van der Waals surface area contributed by atoms with E-state index in [0.717, 1.165) is 35.3 Å². The Morgan fingerprint density at radius 3 is 2.40 bits per heavy atom. The zero-order valence-corrected chi connectivity index (χ0v) is 17.5. The molecule has 30 heavy (non-hydrogen) atoms. The Morgan fingerprint density at radius 2 is 1.60 bits per heavy atom. The number of rotatable bonds is 8. The van der Waals surface area contributed by atoms with Gasteiger partial charge in [0.05, 0.1) is 17.5 Å². The van der Waals surface area contributed by atoms with Gasteiger partial charge in [-0.25, -0.2) is 4.98 Å². The van der Waals surface area contributed by atoms with E-state index in [-0.39, 0.29) is 5.91 Å². The molecule has 1 heterocycles. The minimum absolute atomic E-state index is 0.00702. The van der Waals surface area contributed by atoms with Gasteiger partial charge in [0.1, 0.15) is 5.82 Å². The fourth-order valence-corrected chi connectivity index (χ4v) is 3.75. The zero-order chi connectivity index (χ0) is 20.8. The number of para-hydroxylation sites is 2. The molecule has 1 N–H and O–H groups in total. The topological polar surface area (TPSA) is 46.9 Å². The second-order valence-electron chi connectivity index (χ2n) is 7.31. The number of aromatic nitrogens is 2. The number of nitrogens with one attached hydrogen (secondary N) is 1. The molecule has 0 aliphatic rings. The summed E-state index contributed by atoms with van der Waals surface area (Å²) in [5.41, 5.74) is 4.35. The molecule has 1 aromatic heterocycles. The van der Waals surface area contributed by atoms with Gasteiger partial charge in [-0.15, -0.1) is 0 Å². The first-order chi connectivity index (χ1) is 14.7. The minimum Gasteiger partial charge on any atom is -0.354 e. The molecule has 4 rings (SSSR count). The highest BCUT2D eigenvalue weighted by atomic mass is 35.5. The first kappa shape index (κ1) is 20.2. The molecular formula is C25H24ClN3O. The molecule has 0 saturated heterocycles. The van der Waals surface area contributed by atoms with Gasteiger partial charge >= 0.3 is 0 Å². The Morgan fingerprint density at radius 1 is 0.867 bits per heavy atom. The number of nitrogens with zero attached hydrogens (tertiary/aromatic N) is 2. The van der Waals surface area contributed by atoms with E-state index in [4.69, 9.17) is 16.6 Å². The van der Waals surface area contributed by atoms with E-state index in [1.54, 1.807) is 12.1 Å². The van der Waals surface area contributed by atoms with Crippen LogP contribution in [-0.4, -0.2) is 22.0 Å². The van der Waals surface area contributed by atoms with E-state index in [0.29, 0.717) is 24.5 Å². The number of hydrogen-bond donors (Lipinski definition) is 1. The van der Waals surface area contributed by atoms with Gasteiger partial charge in [0.25, 0.3) is 0 Å². The van der Waals surface area contributed by atoms with Crippen LogP contribution in [0.2, 0.25) is 5.02 Å². The molecule has 0 aliphatic heterocycles. The van der Waals surface area contributed by atoms with Gasteiger partial charge in [0.2, 0.25) is 5.91 Å². The number of aryl methyl sites for hydroxylation is 2. The summed E-state index contributed by atoms with van der Waals surface area (Å²) in [5, 5.41) is 3.70. The first-order valence-corrected chi connectivity index (χ1v) is 10.6. The number of benzene rings is 3. The number of carbonyl (C=O) groups excluding carboxylic acids is 1. The summed E-state index contributed by atoms with van der Waals surface area (Å²) in [6, 6.07) is 26.0. The van der Waals surface area contributed by atoms with Crippen molar-refractivity contribution in [1.82, 2.24) is 14.9 Å². The smallest absolute Gasteiger partial charge is 0.224 e. The summed E-state index contributed by atoms with van der Waals surface area (Å²) in [6.45, 7) is 1.25. The SMILES string of the molecule is O=C(Cc1ccc(Cl)cc1)NCCn1c(CCc2ccccc2)nc2ccccc21. The molecule has 1 amide bonds. The van der Waals surface area contributed by atoms with Crippen LogP contribution in [0.5, 0.6) is 0 Å². The van der Waals surface area contributed by atoms with Crippen LogP contribution in [0.25, 0.3) is 11.0 Å². The number of amides is 1. The van der Waals surface area contributed by atoms with Gasteiger partial charge in [-0.3, -0.25) is 4.79 Å². The van der Waals surface area contributed by atoms with E-state index >= 15 is 0 Å². The molecule has 4 aromatic rings. The van der Waals surface area contributed by atoms with Crippen LogP contribution in [0, 0.1) is 0 Å². The lowest BCUT2D eigenvalue weighted by Crippen LogP contribution is -2.29. The third kappa shape index (κ3) is 5.08. The van der Waals surface area contributed by atoms with Crippen LogP contribution < -0.4 is 5.32 Å². The van der Waals surface area contributed by atoms with Gasteiger partial charge in [-0.1, -0.05) is 66.2 Å². The standard InChI is InChI=1S/C25H24ClN3O/c26-21-13-10-20(11-14-21)18-25(30)27-16-17-29-23-9-5-4-8-22(23)28-24(29)15-12-19-6-2-1-3-7-19/h1-11,13-14H,12,15-18H2,(H,27,30). The summed E-state index contributed by atoms with van der Waals surface area (Å²) in [5.74, 6) is 1.06. The lowest BCUT2D eigenvalue weighted by molar-refractivity contribution is -0.120. The van der Waals surface area contributed by atoms with Gasteiger partial charge in [-0.2, -0.15) is 0 Å². The molecule has 0 radical (unpaired) electrons. The molecule has 0 fully saturated rings. The van der Waals surface area contributed by atoms with Gasteiger partial charge < -0.3 is 9.88 Å². The quantitative estimate of drug-likeness (QED) is 0.446. The molecule has 152 valence electrons. The van der Waals surface area contributed by atoms with Crippen molar-refractivity contribution >= 4 is 28.5 Å². The second-order valence-corrected chi connectivity index (χ2v) is 7.74. The number of fused-ring (bicyclic) bond motifs is 1. The Bertz CT molecular complexity index is 1120. The predicted octanol–water partition coefficient (Wildman–Crippen LogP) is 4.83. The summed E-state index contributed by atoms with van der Waals surface area (Å²) < 4.78 is 2.22. The molecule has 0 spiro atoms. The van der Waals surface area contributed by atoms with Crippen molar-refractivity contribution in [3.63, 3.8) is 0 Å². The van der Waals surface area contributed by atoms with Crippen molar-refractivity contribution in [2.24, 2.45) is 0 Å². The molecule has 0 aliphatic carbocycles. The average Bonchev–Trinajstić information content (AvgIpc) is 3.12. The molecule has 0 bridgehead atoms. The molecular weight excluding hydrogens is 394 g/mol. The first-order valence-electron chi connectivity index (χ1n) is 10.2. The van der Waals surface area contributed by atoms with Crippen LogP contribution >= 0.6 is 11.6 Å². The largest absolute Gasteiger partial charge is 0.354 e. The third-order valence-electron chi connectivity index (χ3n) is 5.15. The Balaban J connectivity index is 1.41.